The summed E-state index contributed by atoms with van der Waals surface area (Å²) in [5, 5.41) is 7.81. The lowest BCUT2D eigenvalue weighted by atomic mass is 9.33. The van der Waals surface area contributed by atoms with Gasteiger partial charge in [0, 0.05) is 30.7 Å². The highest BCUT2D eigenvalue weighted by molar-refractivity contribution is 8.00. The molecule has 0 aromatic heterocycles. The maximum atomic E-state index is 2.62. The first kappa shape index (κ1) is 25.1. The molecule has 0 unspecified atom stereocenters. The zero-order chi connectivity index (χ0) is 30.4. The van der Waals surface area contributed by atoms with Crippen LogP contribution in [-0.4, -0.2) is 6.71 Å². The van der Waals surface area contributed by atoms with Crippen molar-refractivity contribution in [3.63, 3.8) is 0 Å². The SMILES string of the molecule is c1ccc2c(c1)Sc1c3c(cc4ccccc14)B1c4cc5ccccc5c5c4N(c4ccccc4S5)c4c1c(cc1ccccc41)N23. The number of rotatable bonds is 0. The zero-order valence-electron chi connectivity index (χ0n) is 25.1. The topological polar surface area (TPSA) is 6.48 Å². The normalized spacial score (nSPS) is 14.5. The molecule has 2 nitrogen and oxygen atoms in total. The van der Waals surface area contributed by atoms with E-state index < -0.39 is 0 Å². The number of para-hydroxylation sites is 2. The highest BCUT2D eigenvalue weighted by atomic mass is 32.2. The molecule has 0 saturated heterocycles. The Labute approximate surface area is 280 Å². The van der Waals surface area contributed by atoms with E-state index in [4.69, 9.17) is 0 Å². The molecule has 0 N–H and O–H groups in total. The second-order valence-electron chi connectivity index (χ2n) is 12.9. The molecule has 12 rings (SSSR count). The van der Waals surface area contributed by atoms with Crippen LogP contribution in [0, 0.1) is 0 Å². The second kappa shape index (κ2) is 8.83. The number of hydrogen-bond acceptors (Lipinski definition) is 4. The molecule has 4 aliphatic heterocycles. The van der Waals surface area contributed by atoms with Gasteiger partial charge in [-0.25, -0.2) is 0 Å². The molecular weight excluding hydrogens is 607 g/mol. The summed E-state index contributed by atoms with van der Waals surface area (Å²) in [6.07, 6.45) is 0. The highest BCUT2D eigenvalue weighted by Crippen LogP contribution is 2.59. The van der Waals surface area contributed by atoms with Gasteiger partial charge in [0.25, 0.3) is 6.71 Å². The van der Waals surface area contributed by atoms with E-state index in [1.165, 1.54) is 102 Å². The molecule has 4 aliphatic rings. The molecule has 0 bridgehead atoms. The van der Waals surface area contributed by atoms with E-state index in [1.54, 1.807) is 0 Å². The van der Waals surface area contributed by atoms with Crippen LogP contribution in [0.2, 0.25) is 0 Å². The molecule has 4 heterocycles. The Balaban J connectivity index is 1.33. The minimum absolute atomic E-state index is 0.0885. The van der Waals surface area contributed by atoms with Gasteiger partial charge in [-0.15, -0.1) is 0 Å². The lowest BCUT2D eigenvalue weighted by Crippen LogP contribution is -2.62. The fourth-order valence-electron chi connectivity index (χ4n) is 8.68. The monoisotopic (exact) mass is 630 g/mol. The van der Waals surface area contributed by atoms with Crippen LogP contribution in [-0.2, 0) is 0 Å². The number of benzene rings is 8. The van der Waals surface area contributed by atoms with Crippen LogP contribution >= 0.6 is 23.5 Å². The first-order chi connectivity index (χ1) is 23.3. The van der Waals surface area contributed by atoms with Crippen molar-refractivity contribution < 1.29 is 0 Å². The van der Waals surface area contributed by atoms with Crippen LogP contribution in [0.4, 0.5) is 34.1 Å². The minimum atomic E-state index is 0.0885. The Morgan fingerprint density at radius 2 is 0.872 bits per heavy atom. The van der Waals surface area contributed by atoms with Crippen LogP contribution < -0.4 is 26.2 Å². The fraction of sp³-hybridized carbons (Fsp3) is 0. The third kappa shape index (κ3) is 3.07. The van der Waals surface area contributed by atoms with Crippen LogP contribution in [0.5, 0.6) is 0 Å². The Bertz CT molecular complexity index is 2720. The van der Waals surface area contributed by atoms with E-state index in [0.29, 0.717) is 0 Å². The molecule has 5 heteroatoms. The van der Waals surface area contributed by atoms with E-state index in [2.05, 4.69) is 149 Å². The van der Waals surface area contributed by atoms with Crippen molar-refractivity contribution in [2.75, 3.05) is 9.80 Å². The Hall–Kier alpha value is -5.10. The maximum Gasteiger partial charge on any atom is 0.252 e. The quantitative estimate of drug-likeness (QED) is 0.154. The molecule has 0 radical (unpaired) electrons. The lowest BCUT2D eigenvalue weighted by Gasteiger charge is -2.48. The second-order valence-corrected chi connectivity index (χ2v) is 15.0. The van der Waals surface area contributed by atoms with Crippen LogP contribution in [0.25, 0.3) is 32.3 Å². The predicted molar refractivity (Wildman–Crippen MR) is 201 cm³/mol. The third-order valence-corrected chi connectivity index (χ3v) is 12.9. The van der Waals surface area contributed by atoms with Gasteiger partial charge < -0.3 is 9.80 Å². The van der Waals surface area contributed by atoms with Gasteiger partial charge in [-0.3, -0.25) is 0 Å². The average Bonchev–Trinajstić information content (AvgIpc) is 3.13. The summed E-state index contributed by atoms with van der Waals surface area (Å²) in [5.74, 6) is 0. The summed E-state index contributed by atoms with van der Waals surface area (Å²) in [5.41, 5.74) is 12.0. The number of nitrogens with zero attached hydrogens (tertiary/aromatic N) is 2. The lowest BCUT2D eigenvalue weighted by molar-refractivity contribution is 1.17. The highest BCUT2D eigenvalue weighted by Gasteiger charge is 2.48. The fourth-order valence-corrected chi connectivity index (χ4v) is 11.1. The van der Waals surface area contributed by atoms with Crippen molar-refractivity contribution in [3.8, 4) is 0 Å². The molecule has 0 aliphatic carbocycles. The maximum absolute atomic E-state index is 2.62. The van der Waals surface area contributed by atoms with Gasteiger partial charge in [0.2, 0.25) is 0 Å². The molecular formula is C42H23BN2S2. The van der Waals surface area contributed by atoms with Crippen molar-refractivity contribution in [2.45, 2.75) is 19.6 Å². The average molecular weight is 631 g/mol. The van der Waals surface area contributed by atoms with Gasteiger partial charge in [0.05, 0.1) is 28.4 Å². The van der Waals surface area contributed by atoms with Crippen molar-refractivity contribution >= 4 is 113 Å². The third-order valence-electron chi connectivity index (χ3n) is 10.5. The van der Waals surface area contributed by atoms with E-state index >= 15 is 0 Å². The molecule has 8 aromatic rings. The molecule has 0 spiro atoms. The van der Waals surface area contributed by atoms with Gasteiger partial charge in [0.1, 0.15) is 0 Å². The molecule has 0 amide bonds. The molecule has 216 valence electrons. The van der Waals surface area contributed by atoms with Gasteiger partial charge in [-0.2, -0.15) is 0 Å². The summed E-state index contributed by atoms with van der Waals surface area (Å²) < 4.78 is 0. The van der Waals surface area contributed by atoms with Crippen molar-refractivity contribution in [1.29, 1.82) is 0 Å². The summed E-state index contributed by atoms with van der Waals surface area (Å²) >= 11 is 3.86. The van der Waals surface area contributed by atoms with Crippen LogP contribution in [0.1, 0.15) is 0 Å². The first-order valence-electron chi connectivity index (χ1n) is 16.1. The van der Waals surface area contributed by atoms with E-state index in [9.17, 15) is 0 Å². The van der Waals surface area contributed by atoms with Gasteiger partial charge >= 0.3 is 0 Å². The van der Waals surface area contributed by atoms with E-state index in [-0.39, 0.29) is 6.71 Å². The van der Waals surface area contributed by atoms with Crippen molar-refractivity contribution in [1.82, 2.24) is 0 Å². The first-order valence-corrected chi connectivity index (χ1v) is 17.8. The van der Waals surface area contributed by atoms with Gasteiger partial charge in [-0.05, 0) is 73.7 Å². The summed E-state index contributed by atoms with van der Waals surface area (Å²) in [4.78, 5) is 10.5. The minimum Gasteiger partial charge on any atom is -0.309 e. The molecule has 47 heavy (non-hydrogen) atoms. The summed E-state index contributed by atoms with van der Waals surface area (Å²) in [7, 11) is 0. The number of anilines is 6. The number of fused-ring (bicyclic) bond motifs is 14. The molecule has 0 atom stereocenters. The Morgan fingerprint density at radius 1 is 0.404 bits per heavy atom. The zero-order valence-corrected chi connectivity index (χ0v) is 26.7. The van der Waals surface area contributed by atoms with Crippen LogP contribution in [0.3, 0.4) is 0 Å². The van der Waals surface area contributed by atoms with Gasteiger partial charge in [-0.1, -0.05) is 133 Å². The van der Waals surface area contributed by atoms with Crippen LogP contribution in [0.15, 0.2) is 159 Å². The Morgan fingerprint density at radius 3 is 1.49 bits per heavy atom. The molecule has 0 saturated carbocycles. The van der Waals surface area contributed by atoms with Crippen molar-refractivity contribution in [3.05, 3.63) is 140 Å². The summed E-state index contributed by atoms with van der Waals surface area (Å²) in [6, 6.07) is 52.4. The van der Waals surface area contributed by atoms with Gasteiger partial charge in [0.15, 0.2) is 0 Å². The number of hydrogen-bond donors (Lipinski definition) is 0. The molecule has 0 fully saturated rings. The predicted octanol–water partition coefficient (Wildman–Crippen LogP) is 10.2. The Kier molecular flexibility index (Phi) is 4.70. The largest absolute Gasteiger partial charge is 0.309 e. The van der Waals surface area contributed by atoms with E-state index in [1.807, 2.05) is 23.5 Å². The smallest absolute Gasteiger partial charge is 0.252 e. The molecule has 8 aromatic carbocycles. The van der Waals surface area contributed by atoms with E-state index in [0.717, 1.165) is 0 Å². The van der Waals surface area contributed by atoms with Crippen molar-refractivity contribution in [2.24, 2.45) is 0 Å². The standard InChI is InChI=1S/C42H23BN2S2/c1-4-14-27-26(13-1)23-34-37-38(27)45-33-18-8-10-20-36(33)47-42-29-16-6-3-12-25(29)22-31(40(42)45)43(37)30-21-24-11-2-5-15-28(24)41-39(30)44(34)32-17-7-9-19-35(32)46-41/h1-23H. The summed E-state index contributed by atoms with van der Waals surface area (Å²) in [6.45, 7) is 0.0885.